The Morgan fingerprint density at radius 2 is 2.04 bits per heavy atom. The molecule has 1 aliphatic rings. The number of aryl methyl sites for hydroxylation is 2. The number of urea groups is 1. The molecule has 2 N–H and O–H groups in total. The molecule has 0 saturated carbocycles. The third-order valence-corrected chi connectivity index (χ3v) is 5.00. The largest absolute Gasteiger partial charge is 0.368 e. The number of halogens is 2. The number of aromatic nitrogens is 1. The SMILES string of the molecule is Cc1cc(=O)n(C)cc1NC(=O)NC1CCN(c2ccc(Cl)cc2Cl)C1. The maximum absolute atomic E-state index is 12.3. The number of carbonyl (C=O) groups excluding carboxylic acids is 1. The molecule has 1 atom stereocenters. The van der Waals surface area contributed by atoms with Crippen LogP contribution in [-0.4, -0.2) is 29.7 Å². The summed E-state index contributed by atoms with van der Waals surface area (Å²) in [6.07, 6.45) is 2.43. The van der Waals surface area contributed by atoms with Crippen LogP contribution in [0.1, 0.15) is 12.0 Å². The van der Waals surface area contributed by atoms with Crippen LogP contribution >= 0.6 is 23.2 Å². The zero-order chi connectivity index (χ0) is 18.8. The van der Waals surface area contributed by atoms with E-state index < -0.39 is 0 Å². The molecule has 3 rings (SSSR count). The normalized spacial score (nSPS) is 16.6. The van der Waals surface area contributed by atoms with Crippen molar-refractivity contribution in [3.05, 3.63) is 56.4 Å². The predicted molar refractivity (Wildman–Crippen MR) is 106 cm³/mol. The number of benzene rings is 1. The zero-order valence-corrected chi connectivity index (χ0v) is 16.1. The summed E-state index contributed by atoms with van der Waals surface area (Å²) in [4.78, 5) is 26.0. The van der Waals surface area contributed by atoms with E-state index in [1.165, 1.54) is 10.6 Å². The Hall–Kier alpha value is -2.18. The van der Waals surface area contributed by atoms with Crippen molar-refractivity contribution in [1.29, 1.82) is 0 Å². The summed E-state index contributed by atoms with van der Waals surface area (Å²) in [5.41, 5.74) is 2.14. The van der Waals surface area contributed by atoms with Crippen molar-refractivity contribution < 1.29 is 4.79 Å². The van der Waals surface area contributed by atoms with E-state index in [-0.39, 0.29) is 17.6 Å². The molecule has 1 aromatic carbocycles. The fraction of sp³-hybridized carbons (Fsp3) is 0.333. The Morgan fingerprint density at radius 3 is 2.77 bits per heavy atom. The molecule has 2 aromatic rings. The van der Waals surface area contributed by atoms with Crippen molar-refractivity contribution in [3.8, 4) is 0 Å². The second-order valence-corrected chi connectivity index (χ2v) is 7.29. The van der Waals surface area contributed by atoms with Gasteiger partial charge in [-0.2, -0.15) is 0 Å². The van der Waals surface area contributed by atoms with Gasteiger partial charge >= 0.3 is 6.03 Å². The second-order valence-electron chi connectivity index (χ2n) is 6.45. The first-order chi connectivity index (χ1) is 12.3. The Bertz CT molecular complexity index is 897. The van der Waals surface area contributed by atoms with E-state index in [4.69, 9.17) is 23.2 Å². The minimum Gasteiger partial charge on any atom is -0.368 e. The molecule has 1 aromatic heterocycles. The fourth-order valence-corrected chi connectivity index (χ4v) is 3.56. The van der Waals surface area contributed by atoms with Crippen molar-refractivity contribution in [2.24, 2.45) is 7.05 Å². The number of hydrogen-bond acceptors (Lipinski definition) is 3. The van der Waals surface area contributed by atoms with Gasteiger partial charge in [-0.1, -0.05) is 23.2 Å². The van der Waals surface area contributed by atoms with Crippen LogP contribution in [0.25, 0.3) is 0 Å². The number of nitrogens with one attached hydrogen (secondary N) is 2. The predicted octanol–water partition coefficient (Wildman–Crippen LogP) is 3.40. The van der Waals surface area contributed by atoms with Gasteiger partial charge in [-0.05, 0) is 37.1 Å². The van der Waals surface area contributed by atoms with Gasteiger partial charge in [0, 0.05) is 43.5 Å². The fourth-order valence-electron chi connectivity index (χ4n) is 3.03. The molecule has 0 radical (unpaired) electrons. The van der Waals surface area contributed by atoms with Gasteiger partial charge in [-0.25, -0.2) is 4.79 Å². The van der Waals surface area contributed by atoms with Gasteiger partial charge < -0.3 is 20.1 Å². The van der Waals surface area contributed by atoms with Gasteiger partial charge in [0.15, 0.2) is 0 Å². The van der Waals surface area contributed by atoms with Crippen LogP contribution in [0.5, 0.6) is 0 Å². The summed E-state index contributed by atoms with van der Waals surface area (Å²) in [6, 6.07) is 6.62. The highest BCUT2D eigenvalue weighted by atomic mass is 35.5. The van der Waals surface area contributed by atoms with E-state index in [0.717, 1.165) is 24.2 Å². The maximum atomic E-state index is 12.3. The van der Waals surface area contributed by atoms with Crippen LogP contribution in [-0.2, 0) is 7.05 Å². The topological polar surface area (TPSA) is 66.4 Å². The molecule has 1 aliphatic heterocycles. The Labute approximate surface area is 161 Å². The second kappa shape index (κ2) is 7.60. The molecule has 0 bridgehead atoms. The average Bonchev–Trinajstić information content (AvgIpc) is 3.00. The van der Waals surface area contributed by atoms with Crippen LogP contribution in [0.4, 0.5) is 16.2 Å². The number of carbonyl (C=O) groups is 1. The third-order valence-electron chi connectivity index (χ3n) is 4.46. The molecule has 1 saturated heterocycles. The van der Waals surface area contributed by atoms with Crippen LogP contribution in [0.2, 0.25) is 10.0 Å². The molecule has 1 unspecified atom stereocenters. The summed E-state index contributed by atoms with van der Waals surface area (Å²) in [7, 11) is 1.65. The van der Waals surface area contributed by atoms with Crippen LogP contribution in [0.3, 0.4) is 0 Å². The first-order valence-corrected chi connectivity index (χ1v) is 9.04. The van der Waals surface area contributed by atoms with Gasteiger partial charge in [0.25, 0.3) is 5.56 Å². The van der Waals surface area contributed by atoms with Gasteiger partial charge in [-0.3, -0.25) is 4.79 Å². The lowest BCUT2D eigenvalue weighted by atomic mass is 10.2. The van der Waals surface area contributed by atoms with Crippen molar-refractivity contribution in [2.45, 2.75) is 19.4 Å². The molecule has 0 spiro atoms. The summed E-state index contributed by atoms with van der Waals surface area (Å²) in [5, 5.41) is 6.98. The minimum atomic E-state index is -0.291. The third kappa shape index (κ3) is 4.14. The first-order valence-electron chi connectivity index (χ1n) is 8.28. The average molecular weight is 395 g/mol. The van der Waals surface area contributed by atoms with Gasteiger partial charge in [0.05, 0.1) is 16.4 Å². The molecule has 6 nitrogen and oxygen atoms in total. The summed E-state index contributed by atoms with van der Waals surface area (Å²) >= 11 is 12.2. The van der Waals surface area contributed by atoms with Crippen molar-refractivity contribution in [2.75, 3.05) is 23.3 Å². The highest BCUT2D eigenvalue weighted by Crippen LogP contribution is 2.31. The Morgan fingerprint density at radius 1 is 1.27 bits per heavy atom. The van der Waals surface area contributed by atoms with E-state index in [0.29, 0.717) is 22.3 Å². The molecule has 1 fully saturated rings. The van der Waals surface area contributed by atoms with E-state index in [2.05, 4.69) is 15.5 Å². The van der Waals surface area contributed by atoms with Crippen LogP contribution < -0.4 is 21.1 Å². The minimum absolute atomic E-state index is 0.00887. The van der Waals surface area contributed by atoms with Gasteiger partial charge in [-0.15, -0.1) is 0 Å². The molecule has 2 amide bonds. The van der Waals surface area contributed by atoms with E-state index in [1.54, 1.807) is 32.3 Å². The first kappa shape index (κ1) is 18.6. The zero-order valence-electron chi connectivity index (χ0n) is 14.6. The number of pyridine rings is 1. The number of amides is 2. The van der Waals surface area contributed by atoms with Crippen molar-refractivity contribution in [3.63, 3.8) is 0 Å². The standard InChI is InChI=1S/C18H20Cl2N4O2/c1-11-7-17(25)23(2)10-15(11)22-18(26)21-13-5-6-24(9-13)16-4-3-12(19)8-14(16)20/h3-4,7-8,10,13H,5-6,9H2,1-2H3,(H2,21,22,26). The quantitative estimate of drug-likeness (QED) is 0.837. The smallest absolute Gasteiger partial charge is 0.319 e. The monoisotopic (exact) mass is 394 g/mol. The molecule has 0 aliphatic carbocycles. The van der Waals surface area contributed by atoms with Crippen molar-refractivity contribution >= 4 is 40.6 Å². The van der Waals surface area contributed by atoms with Crippen molar-refractivity contribution in [1.82, 2.24) is 9.88 Å². The van der Waals surface area contributed by atoms with E-state index in [1.807, 2.05) is 6.07 Å². The Kier molecular flexibility index (Phi) is 5.44. The molecular formula is C18H20Cl2N4O2. The number of rotatable bonds is 3. The number of nitrogens with zero attached hydrogens (tertiary/aromatic N) is 2. The van der Waals surface area contributed by atoms with Crippen LogP contribution in [0, 0.1) is 6.92 Å². The molecule has 8 heteroatoms. The highest BCUT2D eigenvalue weighted by Gasteiger charge is 2.25. The summed E-state index contributed by atoms with van der Waals surface area (Å²) in [6.45, 7) is 3.25. The lowest BCUT2D eigenvalue weighted by molar-refractivity contribution is 0.249. The number of anilines is 2. The number of hydrogen-bond donors (Lipinski definition) is 2. The highest BCUT2D eigenvalue weighted by molar-refractivity contribution is 6.36. The van der Waals surface area contributed by atoms with E-state index >= 15 is 0 Å². The summed E-state index contributed by atoms with van der Waals surface area (Å²) in [5.74, 6) is 0. The molecule has 2 heterocycles. The van der Waals surface area contributed by atoms with Gasteiger partial charge in [0.2, 0.25) is 0 Å². The Balaban J connectivity index is 1.61. The lowest BCUT2D eigenvalue weighted by Crippen LogP contribution is -2.40. The lowest BCUT2D eigenvalue weighted by Gasteiger charge is -2.20. The maximum Gasteiger partial charge on any atom is 0.319 e. The summed E-state index contributed by atoms with van der Waals surface area (Å²) < 4.78 is 1.43. The molecule has 26 heavy (non-hydrogen) atoms. The van der Waals surface area contributed by atoms with Crippen LogP contribution in [0.15, 0.2) is 35.3 Å². The van der Waals surface area contributed by atoms with E-state index in [9.17, 15) is 9.59 Å². The van der Waals surface area contributed by atoms with Gasteiger partial charge in [0.1, 0.15) is 0 Å². The molecule has 138 valence electrons. The molecular weight excluding hydrogens is 375 g/mol.